The van der Waals surface area contributed by atoms with Gasteiger partial charge in [0.25, 0.3) is 11.8 Å². The van der Waals surface area contributed by atoms with Crippen molar-refractivity contribution in [3.8, 4) is 0 Å². The number of aromatic nitrogens is 2. The number of aliphatic carboxylic acids is 1. The first-order chi connectivity index (χ1) is 16.5. The van der Waals surface area contributed by atoms with Crippen molar-refractivity contribution in [2.75, 3.05) is 11.5 Å². The maximum atomic E-state index is 13.0. The number of nitrogens with one attached hydrogen (secondary N) is 1. The standard InChI is InChI=1S/C18H13F3N6O5S3.Na/c19-18(20,21)12-8(35-5-23-12)2-1-6-3-33-15-10(14(29)27(15)11(6)16(30)31)25-13(28)9(26-32)7-4-34-17(22)24-7;/h1-2,4-5,10,15,32H,3H2,(H2,22,24)(H,25,28)(H,30,31);/q;+1/p-1/t10?,15-;/m1./s1. The molecule has 0 spiro atoms. The molecule has 1 fully saturated rings. The third-order valence-electron chi connectivity index (χ3n) is 4.86. The Kier molecular flexibility index (Phi) is 8.51. The second-order valence-electron chi connectivity index (χ2n) is 6.94. The molecule has 0 radical (unpaired) electrons. The van der Waals surface area contributed by atoms with E-state index in [1.807, 2.05) is 0 Å². The Morgan fingerprint density at radius 1 is 1.33 bits per heavy atom. The van der Waals surface area contributed by atoms with E-state index >= 15 is 0 Å². The van der Waals surface area contributed by atoms with Gasteiger partial charge in [-0.1, -0.05) is 11.2 Å². The second-order valence-corrected chi connectivity index (χ2v) is 9.82. The number of thiazole rings is 2. The summed E-state index contributed by atoms with van der Waals surface area (Å²) >= 11 is 2.80. The number of carboxylic acids is 1. The van der Waals surface area contributed by atoms with Crippen LogP contribution in [0, 0.1) is 0 Å². The van der Waals surface area contributed by atoms with Gasteiger partial charge in [-0.2, -0.15) is 13.2 Å². The second kappa shape index (κ2) is 10.9. The molecule has 2 amide bonds. The molecule has 0 bridgehead atoms. The number of β-lactam (4-membered cyclic amide) rings is 1. The Hall–Kier alpha value is -2.44. The van der Waals surface area contributed by atoms with Crippen LogP contribution in [-0.2, 0) is 20.6 Å². The molecule has 11 nitrogen and oxygen atoms in total. The fraction of sp³-hybridized carbons (Fsp3) is 0.222. The number of hydrogen-bond donors (Lipinski definition) is 3. The number of fused-ring (bicyclic) bond motifs is 1. The van der Waals surface area contributed by atoms with E-state index in [4.69, 9.17) is 5.73 Å². The summed E-state index contributed by atoms with van der Waals surface area (Å²) in [5, 5.41) is 26.9. The molecule has 2 atom stereocenters. The number of nitrogens with zero attached hydrogens (tertiary/aromatic N) is 4. The molecular formula is C18H12F3N6NaO5S3. The summed E-state index contributed by atoms with van der Waals surface area (Å²) in [5.41, 5.74) is 4.44. The van der Waals surface area contributed by atoms with E-state index in [0.29, 0.717) is 0 Å². The molecule has 184 valence electrons. The fourth-order valence-electron chi connectivity index (χ4n) is 3.34. The molecule has 0 saturated carbocycles. The van der Waals surface area contributed by atoms with Gasteiger partial charge in [-0.3, -0.25) is 14.5 Å². The van der Waals surface area contributed by atoms with Gasteiger partial charge in [-0.05, 0) is 11.6 Å². The number of halogens is 3. The normalized spacial score (nSPS) is 20.1. The van der Waals surface area contributed by atoms with Gasteiger partial charge >= 0.3 is 35.7 Å². The minimum atomic E-state index is -4.68. The quantitative estimate of drug-likeness (QED) is 0.112. The first kappa shape index (κ1) is 28.1. The Bertz CT molecular complexity index is 1310. The molecular weight excluding hydrogens is 556 g/mol. The summed E-state index contributed by atoms with van der Waals surface area (Å²) in [5.74, 6) is -3.43. The number of nitrogens with two attached hydrogens (primary N) is 1. The molecule has 36 heavy (non-hydrogen) atoms. The number of allylic oxidation sites excluding steroid dienone is 1. The van der Waals surface area contributed by atoms with Gasteiger partial charge in [-0.15, -0.1) is 34.4 Å². The van der Waals surface area contributed by atoms with E-state index in [2.05, 4.69) is 20.4 Å². The molecule has 4 heterocycles. The van der Waals surface area contributed by atoms with E-state index < -0.39 is 52.5 Å². The fourth-order valence-corrected chi connectivity index (χ4v) is 5.91. The van der Waals surface area contributed by atoms with Crippen LogP contribution in [0.25, 0.3) is 6.08 Å². The summed E-state index contributed by atoms with van der Waals surface area (Å²) in [6, 6.07) is -1.15. The maximum Gasteiger partial charge on any atom is 1.00 e. The van der Waals surface area contributed by atoms with Gasteiger partial charge in [0.05, 0.1) is 22.1 Å². The van der Waals surface area contributed by atoms with Crippen molar-refractivity contribution >= 4 is 69.1 Å². The molecule has 4 N–H and O–H groups in total. The van der Waals surface area contributed by atoms with Crippen LogP contribution in [0.1, 0.15) is 16.3 Å². The van der Waals surface area contributed by atoms with Crippen LogP contribution < -0.4 is 45.7 Å². The molecule has 2 aliphatic rings. The van der Waals surface area contributed by atoms with Crippen LogP contribution in [0.2, 0.25) is 0 Å². The average Bonchev–Trinajstić information content (AvgIpc) is 3.44. The summed E-state index contributed by atoms with van der Waals surface area (Å²) < 4.78 is 39.1. The number of alkyl halides is 3. The molecule has 2 aliphatic heterocycles. The molecule has 0 aliphatic carbocycles. The Labute approximate surface area is 234 Å². The van der Waals surface area contributed by atoms with Gasteiger partial charge in [0.2, 0.25) is 0 Å². The van der Waals surface area contributed by atoms with Crippen molar-refractivity contribution in [3.63, 3.8) is 0 Å². The predicted octanol–water partition coefficient (Wildman–Crippen LogP) is -2.50. The molecule has 2 aromatic rings. The van der Waals surface area contributed by atoms with Crippen molar-refractivity contribution in [3.05, 3.63) is 44.5 Å². The van der Waals surface area contributed by atoms with Crippen LogP contribution in [-0.4, -0.2) is 60.7 Å². The zero-order valence-electron chi connectivity index (χ0n) is 18.0. The van der Waals surface area contributed by atoms with Gasteiger partial charge < -0.3 is 26.2 Å². The average molecular weight is 569 g/mol. The van der Waals surface area contributed by atoms with Crippen LogP contribution in [0.15, 0.2) is 33.4 Å². The van der Waals surface area contributed by atoms with Crippen LogP contribution in [0.3, 0.4) is 0 Å². The number of oxime groups is 1. The van der Waals surface area contributed by atoms with Crippen LogP contribution >= 0.6 is 34.4 Å². The number of nitrogen functional groups attached to an aromatic ring is 1. The molecule has 1 unspecified atom stereocenters. The third kappa shape index (κ3) is 5.30. The summed E-state index contributed by atoms with van der Waals surface area (Å²) in [6.45, 7) is 0. The van der Waals surface area contributed by atoms with Gasteiger partial charge in [0.1, 0.15) is 17.1 Å². The molecule has 2 aromatic heterocycles. The zero-order valence-corrected chi connectivity index (χ0v) is 22.4. The minimum Gasteiger partial charge on any atom is -0.543 e. The van der Waals surface area contributed by atoms with E-state index in [0.717, 1.165) is 50.9 Å². The smallest absolute Gasteiger partial charge is 0.543 e. The number of hydrogen-bond acceptors (Lipinski definition) is 12. The minimum absolute atomic E-state index is 0. The first-order valence-electron chi connectivity index (χ1n) is 9.35. The number of anilines is 1. The SMILES string of the molecule is Nc1nc(C(=NO)C(=O)NC2C(=O)N3C(C(=O)[O-])=C(C=Cc4scnc4C(F)(F)F)CS[C@H]23)cs1.[Na+]. The number of carbonyl (C=O) groups is 3. The van der Waals surface area contributed by atoms with Crippen molar-refractivity contribution in [2.24, 2.45) is 5.16 Å². The summed E-state index contributed by atoms with van der Waals surface area (Å²) in [6.07, 6.45) is -2.44. The van der Waals surface area contributed by atoms with Crippen molar-refractivity contribution in [1.82, 2.24) is 20.2 Å². The monoisotopic (exact) mass is 568 g/mol. The number of amides is 2. The van der Waals surface area contributed by atoms with Gasteiger partial charge in [0.15, 0.2) is 16.5 Å². The van der Waals surface area contributed by atoms with Crippen LogP contribution in [0.5, 0.6) is 0 Å². The Balaban J connectivity index is 0.00000361. The van der Waals surface area contributed by atoms with Crippen molar-refractivity contribution in [1.29, 1.82) is 0 Å². The topological polar surface area (TPSA) is 174 Å². The van der Waals surface area contributed by atoms with Crippen molar-refractivity contribution in [2.45, 2.75) is 17.6 Å². The number of rotatable bonds is 6. The number of thioether (sulfide) groups is 1. The molecule has 18 heteroatoms. The van der Waals surface area contributed by atoms with Crippen LogP contribution in [0.4, 0.5) is 18.3 Å². The Morgan fingerprint density at radius 2 is 2.06 bits per heavy atom. The molecule has 1 saturated heterocycles. The number of carbonyl (C=O) groups excluding carboxylic acids is 3. The van der Waals surface area contributed by atoms with E-state index in [9.17, 15) is 37.9 Å². The van der Waals surface area contributed by atoms with Crippen molar-refractivity contribution < 1.29 is 67.4 Å². The largest absolute Gasteiger partial charge is 1.00 e. The van der Waals surface area contributed by atoms with E-state index in [1.165, 1.54) is 11.5 Å². The van der Waals surface area contributed by atoms with E-state index in [1.54, 1.807) is 0 Å². The maximum absolute atomic E-state index is 13.0. The van der Waals surface area contributed by atoms with Gasteiger partial charge in [0, 0.05) is 11.1 Å². The molecule has 0 aromatic carbocycles. The Morgan fingerprint density at radius 3 is 2.64 bits per heavy atom. The third-order valence-corrected chi connectivity index (χ3v) is 7.63. The first-order valence-corrected chi connectivity index (χ1v) is 12.2. The summed E-state index contributed by atoms with van der Waals surface area (Å²) in [7, 11) is 0. The zero-order chi connectivity index (χ0) is 25.5. The predicted molar refractivity (Wildman–Crippen MR) is 118 cm³/mol. The summed E-state index contributed by atoms with van der Waals surface area (Å²) in [4.78, 5) is 44.8. The van der Waals surface area contributed by atoms with Gasteiger partial charge in [-0.25, -0.2) is 9.97 Å². The molecule has 4 rings (SSSR count). The number of carboxylic acid groups (broad SMARTS) is 1. The van der Waals surface area contributed by atoms with E-state index in [-0.39, 0.29) is 56.6 Å².